The number of benzene rings is 1. The Morgan fingerprint density at radius 2 is 1.73 bits per heavy atom. The van der Waals surface area contributed by atoms with Gasteiger partial charge in [0, 0.05) is 31.7 Å². The molecule has 1 saturated heterocycles. The number of aromatic carboxylic acids is 1. The first-order valence-corrected chi connectivity index (χ1v) is 8.05. The first kappa shape index (κ1) is 17.6. The molecule has 0 saturated carbocycles. The molecule has 0 atom stereocenters. The maximum atomic E-state index is 12.4. The van der Waals surface area contributed by atoms with E-state index in [1.807, 2.05) is 0 Å². The lowest BCUT2D eigenvalue weighted by Crippen LogP contribution is -2.52. The Morgan fingerprint density at radius 1 is 1.08 bits per heavy atom. The summed E-state index contributed by atoms with van der Waals surface area (Å²) in [6, 6.07) is 9.86. The molecule has 0 aliphatic carbocycles. The lowest BCUT2D eigenvalue weighted by Gasteiger charge is -2.31. The summed E-state index contributed by atoms with van der Waals surface area (Å²) in [5, 5.41) is 9.30. The monoisotopic (exact) mass is 369 g/mol. The normalized spacial score (nSPS) is 14.8. The number of carbonyl (C=O) groups excluding carboxylic acids is 2. The molecule has 1 aromatic heterocycles. The van der Waals surface area contributed by atoms with Gasteiger partial charge in [0.2, 0.25) is 0 Å². The van der Waals surface area contributed by atoms with Crippen molar-refractivity contribution in [1.82, 2.24) is 14.4 Å². The van der Waals surface area contributed by atoms with E-state index >= 15 is 0 Å². The molecule has 1 aliphatic rings. The lowest BCUT2D eigenvalue weighted by molar-refractivity contribution is -0.132. The van der Waals surface area contributed by atoms with E-state index in [-0.39, 0.29) is 16.2 Å². The number of aromatic nitrogens is 1. The van der Waals surface area contributed by atoms with Crippen LogP contribution in [0.4, 0.5) is 0 Å². The van der Waals surface area contributed by atoms with E-state index in [9.17, 15) is 14.4 Å². The van der Waals surface area contributed by atoms with Crippen molar-refractivity contribution in [2.45, 2.75) is 0 Å². The molecule has 0 bridgehead atoms. The number of hydrogen-bond donors (Lipinski definition) is 1. The number of nitrogens with zero attached hydrogens (tertiary/aromatic N) is 3. The minimum atomic E-state index is -1.03. The Bertz CT molecular complexity index is 950. The van der Waals surface area contributed by atoms with Crippen LogP contribution < -0.4 is 0 Å². The standard InChI is InChI=1S/C18H15N3O4S/c1-19-15(22)14(16(23)20(2)18(19)26)10-13-7-4-8-21(13)12-6-3-5-11(9-12)17(24)25/h3-10H,1-2H3,(H,24,25). The highest BCUT2D eigenvalue weighted by Gasteiger charge is 2.35. The Labute approximate surface area is 154 Å². The maximum Gasteiger partial charge on any atom is 0.335 e. The molecule has 3 rings (SSSR count). The molecule has 2 aromatic rings. The molecule has 1 aliphatic heterocycles. The summed E-state index contributed by atoms with van der Waals surface area (Å²) in [6.45, 7) is 0. The summed E-state index contributed by atoms with van der Waals surface area (Å²) in [6.07, 6.45) is 3.20. The fourth-order valence-corrected chi connectivity index (χ4v) is 2.82. The van der Waals surface area contributed by atoms with Crippen molar-refractivity contribution in [3.63, 3.8) is 0 Å². The van der Waals surface area contributed by atoms with Gasteiger partial charge in [-0.2, -0.15) is 0 Å². The van der Waals surface area contributed by atoms with E-state index < -0.39 is 17.8 Å². The molecule has 26 heavy (non-hydrogen) atoms. The highest BCUT2D eigenvalue weighted by Crippen LogP contribution is 2.21. The number of hydrogen-bond acceptors (Lipinski definition) is 4. The Morgan fingerprint density at radius 3 is 2.35 bits per heavy atom. The van der Waals surface area contributed by atoms with E-state index in [1.165, 1.54) is 42.1 Å². The Kier molecular flexibility index (Phi) is 4.43. The summed E-state index contributed by atoms with van der Waals surface area (Å²) in [5.41, 5.74) is 1.30. The molecule has 7 nitrogen and oxygen atoms in total. The van der Waals surface area contributed by atoms with Crippen LogP contribution in [0.3, 0.4) is 0 Å². The van der Waals surface area contributed by atoms with Crippen LogP contribution in [0, 0.1) is 0 Å². The SMILES string of the molecule is CN1C(=O)C(=Cc2cccn2-c2cccc(C(=O)O)c2)C(=O)N(C)C1=S. The quantitative estimate of drug-likeness (QED) is 0.507. The van der Waals surface area contributed by atoms with Crippen molar-refractivity contribution in [2.75, 3.05) is 14.1 Å². The van der Waals surface area contributed by atoms with Gasteiger partial charge >= 0.3 is 5.97 Å². The number of likely N-dealkylation sites (N-methyl/N-ethyl adjacent to an activating group) is 2. The van der Waals surface area contributed by atoms with Gasteiger partial charge < -0.3 is 9.67 Å². The average Bonchev–Trinajstić information content (AvgIpc) is 3.10. The van der Waals surface area contributed by atoms with Crippen LogP contribution in [-0.2, 0) is 9.59 Å². The van der Waals surface area contributed by atoms with E-state index in [0.717, 1.165) is 0 Å². The second-order valence-corrected chi connectivity index (χ2v) is 6.09. The fourth-order valence-electron chi connectivity index (χ4n) is 2.66. The second-order valence-electron chi connectivity index (χ2n) is 5.73. The number of thiocarbonyl (C=S) groups is 1. The molecule has 0 unspecified atom stereocenters. The molecule has 0 spiro atoms. The van der Waals surface area contributed by atoms with E-state index in [4.69, 9.17) is 17.3 Å². The summed E-state index contributed by atoms with van der Waals surface area (Å²) in [5.74, 6) is -2.00. The average molecular weight is 369 g/mol. The van der Waals surface area contributed by atoms with Crippen molar-refractivity contribution in [3.05, 3.63) is 59.4 Å². The first-order chi connectivity index (χ1) is 12.3. The number of carboxylic acid groups (broad SMARTS) is 1. The van der Waals surface area contributed by atoms with Gasteiger partial charge in [0.05, 0.1) is 5.56 Å². The van der Waals surface area contributed by atoms with Crippen LogP contribution in [0.2, 0.25) is 0 Å². The van der Waals surface area contributed by atoms with Gasteiger partial charge in [0.1, 0.15) is 5.57 Å². The molecule has 0 radical (unpaired) electrons. The molecule has 8 heteroatoms. The largest absolute Gasteiger partial charge is 0.478 e. The number of amides is 2. The number of rotatable bonds is 3. The summed E-state index contributed by atoms with van der Waals surface area (Å²) < 4.78 is 1.70. The van der Waals surface area contributed by atoms with Crippen LogP contribution >= 0.6 is 12.2 Å². The third-order valence-corrected chi connectivity index (χ3v) is 4.64. The third-order valence-electron chi connectivity index (χ3n) is 4.09. The van der Waals surface area contributed by atoms with Crippen LogP contribution in [-0.4, -0.2) is 56.5 Å². The van der Waals surface area contributed by atoms with Gasteiger partial charge in [-0.05, 0) is 48.6 Å². The van der Waals surface area contributed by atoms with Crippen molar-refractivity contribution in [1.29, 1.82) is 0 Å². The van der Waals surface area contributed by atoms with Crippen molar-refractivity contribution < 1.29 is 19.5 Å². The summed E-state index contributed by atoms with van der Waals surface area (Å²) in [4.78, 5) is 38.5. The molecule has 2 amide bonds. The molecule has 1 aromatic carbocycles. The first-order valence-electron chi connectivity index (χ1n) is 7.64. The zero-order chi connectivity index (χ0) is 19.0. The van der Waals surface area contributed by atoms with Gasteiger partial charge in [-0.1, -0.05) is 6.07 Å². The molecule has 2 heterocycles. The minimum Gasteiger partial charge on any atom is -0.478 e. The highest BCUT2D eigenvalue weighted by atomic mass is 32.1. The zero-order valence-electron chi connectivity index (χ0n) is 14.0. The van der Waals surface area contributed by atoms with E-state index in [1.54, 1.807) is 35.0 Å². The van der Waals surface area contributed by atoms with Crippen LogP contribution in [0.15, 0.2) is 48.2 Å². The fraction of sp³-hybridized carbons (Fsp3) is 0.111. The van der Waals surface area contributed by atoms with Gasteiger partial charge in [-0.15, -0.1) is 0 Å². The highest BCUT2D eigenvalue weighted by molar-refractivity contribution is 7.80. The van der Waals surface area contributed by atoms with Crippen molar-refractivity contribution >= 4 is 41.2 Å². The second kappa shape index (κ2) is 6.57. The number of carbonyl (C=O) groups is 3. The van der Waals surface area contributed by atoms with Crippen molar-refractivity contribution in [2.24, 2.45) is 0 Å². The van der Waals surface area contributed by atoms with Gasteiger partial charge in [-0.3, -0.25) is 19.4 Å². The van der Waals surface area contributed by atoms with Gasteiger partial charge in [-0.25, -0.2) is 4.79 Å². The summed E-state index contributed by atoms with van der Waals surface area (Å²) >= 11 is 5.07. The molecular weight excluding hydrogens is 354 g/mol. The smallest absolute Gasteiger partial charge is 0.335 e. The molecule has 1 fully saturated rings. The van der Waals surface area contributed by atoms with E-state index in [2.05, 4.69) is 0 Å². The molecule has 1 N–H and O–H groups in total. The van der Waals surface area contributed by atoms with Crippen molar-refractivity contribution in [3.8, 4) is 5.69 Å². The minimum absolute atomic E-state index is 0.0158. The predicted octanol–water partition coefficient (Wildman–Crippen LogP) is 1.77. The maximum absolute atomic E-state index is 12.4. The lowest BCUT2D eigenvalue weighted by atomic mass is 10.1. The Balaban J connectivity index is 2.06. The Hall–Kier alpha value is -3.26. The van der Waals surface area contributed by atoms with Crippen LogP contribution in [0.25, 0.3) is 11.8 Å². The van der Waals surface area contributed by atoms with Crippen LogP contribution in [0.5, 0.6) is 0 Å². The zero-order valence-corrected chi connectivity index (χ0v) is 14.9. The third kappa shape index (κ3) is 2.91. The predicted molar refractivity (Wildman–Crippen MR) is 98.8 cm³/mol. The number of carboxylic acids is 1. The molecule has 132 valence electrons. The molecular formula is C18H15N3O4S. The summed E-state index contributed by atoms with van der Waals surface area (Å²) in [7, 11) is 3.02. The van der Waals surface area contributed by atoms with Crippen LogP contribution in [0.1, 0.15) is 16.1 Å². The topological polar surface area (TPSA) is 82.9 Å². The van der Waals surface area contributed by atoms with Gasteiger partial charge in [0.25, 0.3) is 11.8 Å². The van der Waals surface area contributed by atoms with E-state index in [0.29, 0.717) is 11.4 Å². The van der Waals surface area contributed by atoms with Gasteiger partial charge in [0.15, 0.2) is 5.11 Å².